The van der Waals surface area contributed by atoms with Crippen LogP contribution in [0.15, 0.2) is 78.4 Å². The molecule has 112 valence electrons. The smallest absolute Gasteiger partial charge is 0.0969 e. The van der Waals surface area contributed by atoms with Crippen LogP contribution in [-0.2, 0) is 0 Å². The molecule has 0 amide bonds. The van der Waals surface area contributed by atoms with Crippen molar-refractivity contribution < 1.29 is 0 Å². The number of nitrogens with zero attached hydrogens (tertiary/aromatic N) is 2. The van der Waals surface area contributed by atoms with Gasteiger partial charge in [0.1, 0.15) is 0 Å². The number of allylic oxidation sites excluding steroid dienone is 8. The third-order valence-corrected chi connectivity index (χ3v) is 5.40. The van der Waals surface area contributed by atoms with Crippen LogP contribution in [0.5, 0.6) is 0 Å². The van der Waals surface area contributed by atoms with Gasteiger partial charge < -0.3 is 0 Å². The first kappa shape index (κ1) is 12.4. The third kappa shape index (κ3) is 1.46. The summed E-state index contributed by atoms with van der Waals surface area (Å²) < 4.78 is 0. The first-order valence-corrected chi connectivity index (χ1v) is 8.36. The van der Waals surface area contributed by atoms with E-state index in [1.165, 1.54) is 21.9 Å². The van der Waals surface area contributed by atoms with Crippen molar-refractivity contribution in [2.24, 2.45) is 5.92 Å². The van der Waals surface area contributed by atoms with Crippen molar-refractivity contribution in [2.45, 2.75) is 5.92 Å². The lowest BCUT2D eigenvalue weighted by Gasteiger charge is -2.24. The Hall–Kier alpha value is -3.00. The molecule has 3 aliphatic rings. The Balaban J connectivity index is 1.72. The zero-order valence-electron chi connectivity index (χ0n) is 13.0. The van der Waals surface area contributed by atoms with Gasteiger partial charge in [-0.1, -0.05) is 66.8 Å². The highest BCUT2D eigenvalue weighted by molar-refractivity contribution is 6.04. The molecule has 2 unspecified atom stereocenters. The lowest BCUT2D eigenvalue weighted by atomic mass is 9.79. The van der Waals surface area contributed by atoms with E-state index < -0.39 is 0 Å². The van der Waals surface area contributed by atoms with Crippen LogP contribution in [0.2, 0.25) is 0 Å². The van der Waals surface area contributed by atoms with Crippen LogP contribution in [0.1, 0.15) is 17.3 Å². The lowest BCUT2D eigenvalue weighted by Crippen LogP contribution is -2.12. The van der Waals surface area contributed by atoms with Crippen LogP contribution in [-0.4, -0.2) is 9.97 Å². The van der Waals surface area contributed by atoms with Crippen LogP contribution in [0.25, 0.3) is 27.4 Å². The van der Waals surface area contributed by atoms with E-state index in [0.717, 1.165) is 22.4 Å². The van der Waals surface area contributed by atoms with Gasteiger partial charge in [-0.25, -0.2) is 9.97 Å². The van der Waals surface area contributed by atoms with Crippen molar-refractivity contribution in [1.82, 2.24) is 9.97 Å². The fourth-order valence-corrected chi connectivity index (χ4v) is 4.33. The Morgan fingerprint density at radius 1 is 0.875 bits per heavy atom. The minimum absolute atomic E-state index is 0.312. The van der Waals surface area contributed by atoms with Gasteiger partial charge in [-0.3, -0.25) is 0 Å². The molecule has 0 bridgehead atoms. The molecule has 2 aromatic carbocycles. The molecule has 2 heteroatoms. The second-order valence-corrected chi connectivity index (χ2v) is 6.65. The predicted octanol–water partition coefficient (Wildman–Crippen LogP) is 4.95. The summed E-state index contributed by atoms with van der Waals surface area (Å²) in [4.78, 5) is 10.1. The maximum Gasteiger partial charge on any atom is 0.0969 e. The summed E-state index contributed by atoms with van der Waals surface area (Å²) in [7, 11) is 0. The maximum absolute atomic E-state index is 5.12. The molecule has 1 heterocycles. The van der Waals surface area contributed by atoms with Gasteiger partial charge in [-0.15, -0.1) is 0 Å². The summed E-state index contributed by atoms with van der Waals surface area (Å²) in [6, 6.07) is 12.7. The topological polar surface area (TPSA) is 25.8 Å². The largest absolute Gasteiger partial charge is 0.248 e. The van der Waals surface area contributed by atoms with Crippen molar-refractivity contribution >= 4 is 27.4 Å². The van der Waals surface area contributed by atoms with Crippen molar-refractivity contribution in [3.63, 3.8) is 0 Å². The molecule has 0 spiro atoms. The summed E-state index contributed by atoms with van der Waals surface area (Å²) >= 11 is 0. The zero-order valence-corrected chi connectivity index (χ0v) is 13.0. The molecule has 0 fully saturated rings. The van der Waals surface area contributed by atoms with E-state index in [-0.39, 0.29) is 0 Å². The number of hydrogen-bond acceptors (Lipinski definition) is 2. The average Bonchev–Trinajstić information content (AvgIpc) is 2.96. The highest BCUT2D eigenvalue weighted by atomic mass is 14.9. The molecule has 1 aromatic heterocycles. The number of benzene rings is 2. The quantitative estimate of drug-likeness (QED) is 0.549. The SMILES string of the molecule is C1=CC2=CC=CC3c4nc5c(ccc6ccccc65)nc4C(=C1)C23. The Morgan fingerprint density at radius 3 is 2.83 bits per heavy atom. The molecule has 2 atom stereocenters. The minimum atomic E-state index is 0.312. The maximum atomic E-state index is 5.12. The highest BCUT2D eigenvalue weighted by Crippen LogP contribution is 2.52. The van der Waals surface area contributed by atoms with E-state index in [1.54, 1.807) is 0 Å². The van der Waals surface area contributed by atoms with Crippen LogP contribution >= 0.6 is 0 Å². The van der Waals surface area contributed by atoms with E-state index >= 15 is 0 Å². The van der Waals surface area contributed by atoms with Gasteiger partial charge in [0.05, 0.1) is 22.4 Å². The number of rotatable bonds is 0. The van der Waals surface area contributed by atoms with Crippen LogP contribution in [0.4, 0.5) is 0 Å². The number of fused-ring (bicyclic) bond motifs is 6. The average molecular weight is 306 g/mol. The minimum Gasteiger partial charge on any atom is -0.248 e. The zero-order chi connectivity index (χ0) is 15.7. The van der Waals surface area contributed by atoms with Gasteiger partial charge >= 0.3 is 0 Å². The second-order valence-electron chi connectivity index (χ2n) is 6.65. The van der Waals surface area contributed by atoms with Gasteiger partial charge in [0, 0.05) is 17.2 Å². The Bertz CT molecular complexity index is 1160. The summed E-state index contributed by atoms with van der Waals surface area (Å²) in [6.07, 6.45) is 13.2. The number of aromatic nitrogens is 2. The first-order chi connectivity index (χ1) is 11.9. The van der Waals surface area contributed by atoms with E-state index in [0.29, 0.717) is 11.8 Å². The van der Waals surface area contributed by atoms with E-state index in [9.17, 15) is 0 Å². The van der Waals surface area contributed by atoms with Gasteiger partial charge in [-0.05, 0) is 22.6 Å². The Morgan fingerprint density at radius 2 is 1.83 bits per heavy atom. The van der Waals surface area contributed by atoms with Crippen molar-refractivity contribution in [2.75, 3.05) is 0 Å². The first-order valence-electron chi connectivity index (χ1n) is 8.36. The molecule has 0 N–H and O–H groups in total. The van der Waals surface area contributed by atoms with Crippen molar-refractivity contribution in [1.29, 1.82) is 0 Å². The van der Waals surface area contributed by atoms with Gasteiger partial charge in [0.2, 0.25) is 0 Å². The number of hydrogen-bond donors (Lipinski definition) is 0. The summed E-state index contributed by atoms with van der Waals surface area (Å²) in [6.45, 7) is 0. The molecule has 0 aliphatic heterocycles. The van der Waals surface area contributed by atoms with E-state index in [1.807, 2.05) is 0 Å². The molecular weight excluding hydrogens is 292 g/mol. The summed E-state index contributed by atoms with van der Waals surface area (Å²) in [5.41, 5.74) is 6.89. The molecule has 3 aromatic rings. The highest BCUT2D eigenvalue weighted by Gasteiger charge is 2.41. The predicted molar refractivity (Wildman–Crippen MR) is 97.6 cm³/mol. The molecule has 0 saturated heterocycles. The molecule has 0 radical (unpaired) electrons. The normalized spacial score (nSPS) is 23.2. The van der Waals surface area contributed by atoms with Gasteiger partial charge in [-0.2, -0.15) is 0 Å². The molecule has 2 nitrogen and oxygen atoms in total. The third-order valence-electron chi connectivity index (χ3n) is 5.40. The van der Waals surface area contributed by atoms with Crippen molar-refractivity contribution in [3.8, 4) is 0 Å². The van der Waals surface area contributed by atoms with Crippen LogP contribution in [0, 0.1) is 5.92 Å². The monoisotopic (exact) mass is 306 g/mol. The molecular formula is C22H14N2. The fraction of sp³-hybridized carbons (Fsp3) is 0.0909. The standard InChI is InChI=1S/C22H14N2/c1-2-8-15-13(5-1)11-12-18-20(15)24-22-17-10-4-7-14-6-3-9-16(19(14)17)21(22)23-18/h1-12,17,19H. The van der Waals surface area contributed by atoms with Gasteiger partial charge in [0.15, 0.2) is 0 Å². The molecule has 24 heavy (non-hydrogen) atoms. The van der Waals surface area contributed by atoms with Crippen LogP contribution in [0.3, 0.4) is 0 Å². The summed E-state index contributed by atoms with van der Waals surface area (Å²) in [5.74, 6) is 0.699. The van der Waals surface area contributed by atoms with Crippen LogP contribution < -0.4 is 0 Å². The Labute approximate surface area is 139 Å². The van der Waals surface area contributed by atoms with E-state index in [4.69, 9.17) is 9.97 Å². The second kappa shape index (κ2) is 4.30. The summed E-state index contributed by atoms with van der Waals surface area (Å²) in [5, 5.41) is 2.40. The van der Waals surface area contributed by atoms with Crippen molar-refractivity contribution in [3.05, 3.63) is 89.8 Å². The molecule has 3 aliphatic carbocycles. The Kier molecular flexibility index (Phi) is 2.22. The van der Waals surface area contributed by atoms with Gasteiger partial charge in [0.25, 0.3) is 0 Å². The molecule has 6 rings (SSSR count). The lowest BCUT2D eigenvalue weighted by molar-refractivity contribution is 0.707. The molecule has 0 saturated carbocycles. The fourth-order valence-electron chi connectivity index (χ4n) is 4.33. The van der Waals surface area contributed by atoms with E-state index in [2.05, 4.69) is 72.9 Å².